The van der Waals surface area contributed by atoms with Gasteiger partial charge in [-0.1, -0.05) is 19.9 Å². The molecule has 1 atom stereocenters. The van der Waals surface area contributed by atoms with Gasteiger partial charge in [0.15, 0.2) is 11.5 Å². The minimum absolute atomic E-state index is 0.0491. The highest BCUT2D eigenvalue weighted by atomic mass is 16.5. The quantitative estimate of drug-likeness (QED) is 0.880. The highest BCUT2D eigenvalue weighted by Gasteiger charge is 2.27. The molecule has 3 rings (SSSR count). The molecule has 1 fully saturated rings. The molecule has 1 saturated heterocycles. The van der Waals surface area contributed by atoms with Crippen molar-refractivity contribution in [1.29, 1.82) is 0 Å². The number of benzene rings is 1. The Bertz CT molecular complexity index is 585. The lowest BCUT2D eigenvalue weighted by atomic mass is 10.1. The zero-order valence-corrected chi connectivity index (χ0v) is 15.1. The molecule has 1 amide bonds. The molecule has 6 nitrogen and oxygen atoms in total. The summed E-state index contributed by atoms with van der Waals surface area (Å²) in [6.45, 7) is 8.78. The molecule has 0 radical (unpaired) electrons. The number of morpholine rings is 1. The summed E-state index contributed by atoms with van der Waals surface area (Å²) >= 11 is 0. The van der Waals surface area contributed by atoms with Gasteiger partial charge in [0.2, 0.25) is 0 Å². The summed E-state index contributed by atoms with van der Waals surface area (Å²) in [6.07, 6.45) is 0.487. The van der Waals surface area contributed by atoms with Gasteiger partial charge in [-0.25, -0.2) is 0 Å². The minimum atomic E-state index is -0.395. The van der Waals surface area contributed by atoms with Crippen molar-refractivity contribution < 1.29 is 19.0 Å². The first-order valence-corrected chi connectivity index (χ1v) is 9.13. The molecule has 25 heavy (non-hydrogen) atoms. The molecule has 6 heteroatoms. The minimum Gasteiger partial charge on any atom is -0.490 e. The average molecular weight is 348 g/mol. The van der Waals surface area contributed by atoms with Gasteiger partial charge in [-0.05, 0) is 23.6 Å². The monoisotopic (exact) mass is 348 g/mol. The van der Waals surface area contributed by atoms with Crippen LogP contribution in [0.1, 0.15) is 25.8 Å². The number of carbonyl (C=O) groups excluding carboxylic acids is 1. The first kappa shape index (κ1) is 18.0. The topological polar surface area (TPSA) is 60.0 Å². The number of carbonyl (C=O) groups is 1. The molecule has 1 N–H and O–H groups in total. The lowest BCUT2D eigenvalue weighted by molar-refractivity contribution is -0.146. The molecule has 1 aromatic rings. The highest BCUT2D eigenvalue weighted by Crippen LogP contribution is 2.31. The predicted octanol–water partition coefficient (Wildman–Crippen LogP) is 1.82. The lowest BCUT2D eigenvalue weighted by Crippen LogP contribution is -2.49. The van der Waals surface area contributed by atoms with Crippen LogP contribution in [0.5, 0.6) is 11.5 Å². The maximum Gasteiger partial charge on any atom is 0.253 e. The smallest absolute Gasteiger partial charge is 0.253 e. The standard InChI is InChI=1S/C19H28N2O4/c1-14(2)12-21(19(22)18-11-20-6-9-25-18)13-15-4-5-16-17(10-15)24-8-3-7-23-16/h4-5,10,14,18,20H,3,6-9,11-13H2,1-2H3. The van der Waals surface area contributed by atoms with Crippen molar-refractivity contribution in [1.82, 2.24) is 10.2 Å². The molecule has 1 aromatic carbocycles. The van der Waals surface area contributed by atoms with E-state index in [1.807, 2.05) is 23.1 Å². The summed E-state index contributed by atoms with van der Waals surface area (Å²) in [7, 11) is 0. The predicted molar refractivity (Wildman–Crippen MR) is 94.9 cm³/mol. The van der Waals surface area contributed by atoms with Crippen molar-refractivity contribution in [2.45, 2.75) is 32.9 Å². The van der Waals surface area contributed by atoms with Gasteiger partial charge in [0, 0.05) is 32.6 Å². The molecule has 2 aliphatic heterocycles. The fraction of sp³-hybridized carbons (Fsp3) is 0.632. The number of amides is 1. The van der Waals surface area contributed by atoms with E-state index in [0.717, 1.165) is 30.0 Å². The summed E-state index contributed by atoms with van der Waals surface area (Å²) in [6, 6.07) is 5.93. The Morgan fingerprint density at radius 1 is 1.24 bits per heavy atom. The molecule has 0 saturated carbocycles. The second-order valence-electron chi connectivity index (χ2n) is 7.01. The van der Waals surface area contributed by atoms with Gasteiger partial charge in [-0.15, -0.1) is 0 Å². The average Bonchev–Trinajstić information content (AvgIpc) is 2.86. The number of nitrogens with zero attached hydrogens (tertiary/aromatic N) is 1. The van der Waals surface area contributed by atoms with Crippen LogP contribution in [-0.2, 0) is 16.1 Å². The van der Waals surface area contributed by atoms with Crippen molar-refractivity contribution in [3.8, 4) is 11.5 Å². The van der Waals surface area contributed by atoms with Gasteiger partial charge >= 0.3 is 0 Å². The largest absolute Gasteiger partial charge is 0.490 e. The third-order valence-electron chi connectivity index (χ3n) is 4.29. The maximum absolute atomic E-state index is 12.9. The SMILES string of the molecule is CC(C)CN(Cc1ccc2c(c1)OCCCO2)C(=O)C1CNCCO1. The van der Waals surface area contributed by atoms with E-state index in [1.165, 1.54) is 0 Å². The summed E-state index contributed by atoms with van der Waals surface area (Å²) in [5.74, 6) is 1.99. The molecular weight excluding hydrogens is 320 g/mol. The Hall–Kier alpha value is -1.79. The van der Waals surface area contributed by atoms with Crippen molar-refractivity contribution in [2.24, 2.45) is 5.92 Å². The van der Waals surface area contributed by atoms with E-state index >= 15 is 0 Å². The Balaban J connectivity index is 1.73. The number of hydrogen-bond donors (Lipinski definition) is 1. The van der Waals surface area contributed by atoms with Crippen molar-refractivity contribution in [3.63, 3.8) is 0 Å². The van der Waals surface area contributed by atoms with E-state index in [1.54, 1.807) is 0 Å². The zero-order chi connectivity index (χ0) is 17.6. The number of ether oxygens (including phenoxy) is 3. The van der Waals surface area contributed by atoms with E-state index in [4.69, 9.17) is 14.2 Å². The van der Waals surface area contributed by atoms with E-state index in [-0.39, 0.29) is 5.91 Å². The number of fused-ring (bicyclic) bond motifs is 1. The molecule has 0 aliphatic carbocycles. The molecular formula is C19H28N2O4. The van der Waals surface area contributed by atoms with Crippen molar-refractivity contribution in [2.75, 3.05) is 39.5 Å². The van der Waals surface area contributed by atoms with Crippen molar-refractivity contribution >= 4 is 5.91 Å². The van der Waals surface area contributed by atoms with Crippen LogP contribution in [0.25, 0.3) is 0 Å². The zero-order valence-electron chi connectivity index (χ0n) is 15.1. The fourth-order valence-corrected chi connectivity index (χ4v) is 3.13. The fourth-order valence-electron chi connectivity index (χ4n) is 3.13. The van der Waals surface area contributed by atoms with E-state index in [2.05, 4.69) is 19.2 Å². The van der Waals surface area contributed by atoms with Crippen LogP contribution in [0.3, 0.4) is 0 Å². The second kappa shape index (κ2) is 8.54. The molecule has 0 spiro atoms. The van der Waals surface area contributed by atoms with Crippen LogP contribution in [-0.4, -0.2) is 56.4 Å². The van der Waals surface area contributed by atoms with Crippen molar-refractivity contribution in [3.05, 3.63) is 23.8 Å². The summed E-state index contributed by atoms with van der Waals surface area (Å²) < 4.78 is 17.1. The third-order valence-corrected chi connectivity index (χ3v) is 4.29. The van der Waals surface area contributed by atoms with Crippen LogP contribution in [0.4, 0.5) is 0 Å². The Labute approximate surface area is 149 Å². The summed E-state index contributed by atoms with van der Waals surface area (Å²) in [5.41, 5.74) is 1.04. The van der Waals surface area contributed by atoms with Gasteiger partial charge in [-0.3, -0.25) is 4.79 Å². The van der Waals surface area contributed by atoms with Gasteiger partial charge < -0.3 is 24.4 Å². The van der Waals surface area contributed by atoms with Gasteiger partial charge in [0.1, 0.15) is 6.10 Å². The van der Waals surface area contributed by atoms with Crippen LogP contribution in [0, 0.1) is 5.92 Å². The van der Waals surface area contributed by atoms with Crippen LogP contribution < -0.4 is 14.8 Å². The van der Waals surface area contributed by atoms with Gasteiger partial charge in [0.05, 0.1) is 19.8 Å². The molecule has 0 aromatic heterocycles. The molecule has 0 bridgehead atoms. The Morgan fingerprint density at radius 2 is 2.04 bits per heavy atom. The molecule has 2 aliphatic rings. The van der Waals surface area contributed by atoms with Crippen LogP contribution in [0.2, 0.25) is 0 Å². The highest BCUT2D eigenvalue weighted by molar-refractivity contribution is 5.81. The summed E-state index contributed by atoms with van der Waals surface area (Å²) in [5, 5.41) is 3.23. The Morgan fingerprint density at radius 3 is 2.76 bits per heavy atom. The van der Waals surface area contributed by atoms with Crippen LogP contribution >= 0.6 is 0 Å². The Kier molecular flexibility index (Phi) is 6.15. The van der Waals surface area contributed by atoms with E-state index in [0.29, 0.717) is 45.4 Å². The second-order valence-corrected chi connectivity index (χ2v) is 7.01. The van der Waals surface area contributed by atoms with E-state index < -0.39 is 6.10 Å². The van der Waals surface area contributed by atoms with Crippen LogP contribution in [0.15, 0.2) is 18.2 Å². The molecule has 2 heterocycles. The van der Waals surface area contributed by atoms with Gasteiger partial charge in [-0.2, -0.15) is 0 Å². The van der Waals surface area contributed by atoms with E-state index in [9.17, 15) is 4.79 Å². The maximum atomic E-state index is 12.9. The number of nitrogens with one attached hydrogen (secondary N) is 1. The number of rotatable bonds is 5. The first-order valence-electron chi connectivity index (χ1n) is 9.13. The summed E-state index contributed by atoms with van der Waals surface area (Å²) in [4.78, 5) is 14.8. The molecule has 138 valence electrons. The normalized spacial score (nSPS) is 20.2. The third kappa shape index (κ3) is 4.86. The van der Waals surface area contributed by atoms with Gasteiger partial charge in [0.25, 0.3) is 5.91 Å². The number of hydrogen-bond acceptors (Lipinski definition) is 5. The lowest BCUT2D eigenvalue weighted by Gasteiger charge is -2.31. The first-order chi connectivity index (χ1) is 12.1. The molecule has 1 unspecified atom stereocenters.